The molecule has 3 aromatic rings. The number of non-ortho nitro benzene ring substituents is 1. The number of carbonyl (C=O) groups is 2. The Morgan fingerprint density at radius 1 is 0.980 bits per heavy atom. The molecule has 2 aliphatic rings. The van der Waals surface area contributed by atoms with Crippen LogP contribution in [0.3, 0.4) is 0 Å². The van der Waals surface area contributed by atoms with Crippen LogP contribution in [0.1, 0.15) is 49.4 Å². The molecule has 0 aliphatic carbocycles. The van der Waals surface area contributed by atoms with E-state index in [1.54, 1.807) is 51.1 Å². The highest BCUT2D eigenvalue weighted by Gasteiger charge is 2.44. The molecule has 2 heterocycles. The van der Waals surface area contributed by atoms with Gasteiger partial charge in [0.05, 0.1) is 28.3 Å². The molecule has 0 radical (unpaired) electrons. The number of nitrogens with two attached hydrogens (primary N) is 1. The summed E-state index contributed by atoms with van der Waals surface area (Å²) in [5.74, 6) is -4.36. The maximum absolute atomic E-state index is 13.7. The van der Waals surface area contributed by atoms with Crippen molar-refractivity contribution < 1.29 is 32.8 Å². The van der Waals surface area contributed by atoms with Crippen LogP contribution >= 0.6 is 0 Å². The molecule has 0 spiro atoms. The van der Waals surface area contributed by atoms with Crippen molar-refractivity contribution in [3.8, 4) is 0 Å². The van der Waals surface area contributed by atoms with Gasteiger partial charge in [-0.1, -0.05) is 36.4 Å². The van der Waals surface area contributed by atoms with E-state index in [0.29, 0.717) is 38.3 Å². The van der Waals surface area contributed by atoms with Crippen LogP contribution in [0.2, 0.25) is 0 Å². The molecule has 0 saturated carbocycles. The summed E-state index contributed by atoms with van der Waals surface area (Å²) in [6.07, 6.45) is -0.476. The van der Waals surface area contributed by atoms with Gasteiger partial charge in [0.15, 0.2) is 0 Å². The summed E-state index contributed by atoms with van der Waals surface area (Å²) in [4.78, 5) is 46.7. The Morgan fingerprint density at radius 2 is 1.57 bits per heavy atom. The van der Waals surface area contributed by atoms with Gasteiger partial charge in [-0.25, -0.2) is 18.6 Å². The first kappa shape index (κ1) is 35.3. The number of piperazine rings is 1. The van der Waals surface area contributed by atoms with Gasteiger partial charge in [0.25, 0.3) is 5.69 Å². The van der Waals surface area contributed by atoms with Crippen molar-refractivity contribution >= 4 is 23.5 Å². The number of halogens is 2. The molecule has 0 bridgehead atoms. The van der Waals surface area contributed by atoms with Gasteiger partial charge in [-0.2, -0.15) is 0 Å². The lowest BCUT2D eigenvalue weighted by atomic mass is 9.77. The maximum atomic E-state index is 13.7. The number of rotatable bonds is 11. The summed E-state index contributed by atoms with van der Waals surface area (Å²) in [5, 5.41) is 11.6. The number of nitro groups is 1. The molecular weight excluding hydrogens is 636 g/mol. The fourth-order valence-corrected chi connectivity index (χ4v) is 6.41. The maximum Gasteiger partial charge on any atom is 0.336 e. The molecule has 49 heavy (non-hydrogen) atoms. The number of benzene rings is 3. The minimum absolute atomic E-state index is 0.0386. The first-order valence-electron chi connectivity index (χ1n) is 16.1. The van der Waals surface area contributed by atoms with E-state index in [4.69, 9.17) is 15.2 Å². The van der Waals surface area contributed by atoms with Crippen molar-refractivity contribution in [1.29, 1.82) is 0 Å². The number of aliphatic imine (C=N–C) groups is 1. The van der Waals surface area contributed by atoms with Crippen LogP contribution in [-0.4, -0.2) is 77.9 Å². The molecule has 2 unspecified atom stereocenters. The second-order valence-corrected chi connectivity index (χ2v) is 12.3. The number of nitrogens with zero attached hydrogens (tertiary/aromatic N) is 4. The summed E-state index contributed by atoms with van der Waals surface area (Å²) in [6, 6.07) is 18.1. The van der Waals surface area contributed by atoms with Crippen LogP contribution in [0.5, 0.6) is 0 Å². The van der Waals surface area contributed by atoms with Gasteiger partial charge in [0.2, 0.25) is 0 Å². The van der Waals surface area contributed by atoms with Gasteiger partial charge in [0, 0.05) is 50.8 Å². The van der Waals surface area contributed by atoms with E-state index in [-0.39, 0.29) is 47.1 Å². The second-order valence-electron chi connectivity index (χ2n) is 12.3. The monoisotopic (exact) mass is 675 g/mol. The quantitative estimate of drug-likeness (QED) is 0.167. The molecule has 3 aromatic carbocycles. The van der Waals surface area contributed by atoms with Gasteiger partial charge in [-0.05, 0) is 61.7 Å². The summed E-state index contributed by atoms with van der Waals surface area (Å²) in [6.45, 7) is 8.01. The SMILES string of the molecule is CC1=C(C(=O)OCCN2CCN(C(c3ccc(F)cc3)c3ccc(F)cc3)CC2)C(c2cccc([N+](=O)[O-])c2)C(C(=O)OC(C)C)C(N)=N1. The van der Waals surface area contributed by atoms with Gasteiger partial charge >= 0.3 is 11.9 Å². The smallest absolute Gasteiger partial charge is 0.336 e. The lowest BCUT2D eigenvalue weighted by molar-refractivity contribution is -0.384. The van der Waals surface area contributed by atoms with Crippen LogP contribution in [0.15, 0.2) is 89.1 Å². The number of allylic oxidation sites excluding steroid dienone is 1. The molecule has 13 heteroatoms. The van der Waals surface area contributed by atoms with Crippen molar-refractivity contribution in [3.05, 3.63) is 123 Å². The molecule has 0 amide bonds. The van der Waals surface area contributed by atoms with Gasteiger partial charge in [-0.15, -0.1) is 0 Å². The summed E-state index contributed by atoms with van der Waals surface area (Å²) in [5.41, 5.74) is 8.46. The number of ether oxygens (including phenoxy) is 2. The highest BCUT2D eigenvalue weighted by Crippen LogP contribution is 2.40. The lowest BCUT2D eigenvalue weighted by Crippen LogP contribution is -2.48. The molecule has 11 nitrogen and oxygen atoms in total. The fourth-order valence-electron chi connectivity index (χ4n) is 6.41. The molecule has 1 saturated heterocycles. The molecule has 1 fully saturated rings. The summed E-state index contributed by atoms with van der Waals surface area (Å²) in [7, 11) is 0. The van der Waals surface area contributed by atoms with E-state index in [9.17, 15) is 28.5 Å². The number of carbonyl (C=O) groups excluding carboxylic acids is 2. The predicted molar refractivity (Wildman–Crippen MR) is 178 cm³/mol. The Kier molecular flexibility index (Phi) is 11.1. The van der Waals surface area contributed by atoms with E-state index < -0.39 is 34.8 Å². The molecule has 258 valence electrons. The van der Waals surface area contributed by atoms with Crippen molar-refractivity contribution in [2.75, 3.05) is 39.3 Å². The van der Waals surface area contributed by atoms with Gasteiger partial charge in [0.1, 0.15) is 30.0 Å². The molecule has 2 N–H and O–H groups in total. The Bertz CT molecular complexity index is 1690. The summed E-state index contributed by atoms with van der Waals surface area (Å²) >= 11 is 0. The van der Waals surface area contributed by atoms with Crippen LogP contribution in [0, 0.1) is 27.7 Å². The van der Waals surface area contributed by atoms with E-state index in [1.165, 1.54) is 42.5 Å². The first-order chi connectivity index (χ1) is 23.4. The zero-order valence-corrected chi connectivity index (χ0v) is 27.6. The van der Waals surface area contributed by atoms with Crippen molar-refractivity contribution in [3.63, 3.8) is 0 Å². The van der Waals surface area contributed by atoms with E-state index in [1.807, 2.05) is 0 Å². The lowest BCUT2D eigenvalue weighted by Gasteiger charge is -2.39. The van der Waals surface area contributed by atoms with Crippen LogP contribution in [-0.2, 0) is 19.1 Å². The number of esters is 2. The third-order valence-corrected chi connectivity index (χ3v) is 8.70. The molecule has 2 atom stereocenters. The average Bonchev–Trinajstić information content (AvgIpc) is 3.06. The molecular formula is C36H39F2N5O6. The highest BCUT2D eigenvalue weighted by atomic mass is 19.1. The van der Waals surface area contributed by atoms with E-state index in [0.717, 1.165) is 11.1 Å². The van der Waals surface area contributed by atoms with E-state index in [2.05, 4.69) is 14.8 Å². The fraction of sp³-hybridized carbons (Fsp3) is 0.361. The van der Waals surface area contributed by atoms with Crippen LogP contribution < -0.4 is 5.73 Å². The number of amidine groups is 1. The highest BCUT2D eigenvalue weighted by molar-refractivity contribution is 6.06. The number of nitro benzene ring substituents is 1. The Labute approximate surface area is 283 Å². The van der Waals surface area contributed by atoms with Gasteiger partial charge in [-0.3, -0.25) is 24.7 Å². The Balaban J connectivity index is 1.28. The zero-order valence-electron chi connectivity index (χ0n) is 27.6. The second kappa shape index (κ2) is 15.5. The number of hydrogen-bond donors (Lipinski definition) is 1. The normalized spacial score (nSPS) is 18.8. The van der Waals surface area contributed by atoms with Crippen molar-refractivity contribution in [2.45, 2.75) is 38.8 Å². The van der Waals surface area contributed by atoms with Crippen molar-refractivity contribution in [1.82, 2.24) is 9.80 Å². The zero-order chi connectivity index (χ0) is 35.2. The van der Waals surface area contributed by atoms with Gasteiger partial charge < -0.3 is 15.2 Å². The third-order valence-electron chi connectivity index (χ3n) is 8.70. The molecule has 2 aliphatic heterocycles. The molecule has 5 rings (SSSR count). The van der Waals surface area contributed by atoms with Crippen molar-refractivity contribution in [2.24, 2.45) is 16.6 Å². The topological polar surface area (TPSA) is 141 Å². The predicted octanol–water partition coefficient (Wildman–Crippen LogP) is 5.12. The average molecular weight is 676 g/mol. The minimum Gasteiger partial charge on any atom is -0.462 e. The Morgan fingerprint density at radius 3 is 2.12 bits per heavy atom. The molecule has 0 aromatic heterocycles. The van der Waals surface area contributed by atoms with E-state index >= 15 is 0 Å². The van der Waals surface area contributed by atoms with Crippen LogP contribution in [0.25, 0.3) is 0 Å². The number of hydrogen-bond acceptors (Lipinski definition) is 10. The largest absolute Gasteiger partial charge is 0.462 e. The standard InChI is InChI=1S/C36H39F2N5O6/c1-22(2)49-36(45)32-31(26-5-4-6-29(21-26)43(46)47)30(23(3)40-34(32)39)35(44)48-20-19-41-15-17-42(18-16-41)33(24-7-11-27(37)12-8-24)25-9-13-28(38)14-10-25/h4-14,21-22,31-33H,15-20H2,1-3H3,(H2,39,40). The minimum atomic E-state index is -1.20. The Hall–Kier alpha value is -5.01. The van der Waals surface area contributed by atoms with Crippen LogP contribution in [0.4, 0.5) is 14.5 Å². The third kappa shape index (κ3) is 8.35. The summed E-state index contributed by atoms with van der Waals surface area (Å²) < 4.78 is 38.6. The first-order valence-corrected chi connectivity index (χ1v) is 16.1.